The molecule has 4 N–H and O–H groups in total. The highest BCUT2D eigenvalue weighted by atomic mass is 79.9. The van der Waals surface area contributed by atoms with Crippen molar-refractivity contribution in [1.29, 1.82) is 0 Å². The van der Waals surface area contributed by atoms with E-state index in [0.717, 1.165) is 5.56 Å². The summed E-state index contributed by atoms with van der Waals surface area (Å²) < 4.78 is 13.4. The van der Waals surface area contributed by atoms with Gasteiger partial charge < -0.3 is 16.4 Å². The molecule has 1 atom stereocenters. The smallest absolute Gasteiger partial charge is 0.323 e. The van der Waals surface area contributed by atoms with Gasteiger partial charge in [0.25, 0.3) is 0 Å². The van der Waals surface area contributed by atoms with E-state index in [4.69, 9.17) is 5.73 Å². The lowest BCUT2D eigenvalue weighted by atomic mass is 10.1. The maximum Gasteiger partial charge on any atom is 0.323 e. The molecule has 0 spiro atoms. The molecular formula is C15H15BrFN3O. The molecule has 2 amide bonds. The van der Waals surface area contributed by atoms with Crippen molar-refractivity contribution in [3.05, 3.63) is 58.3 Å². The number of urea groups is 1. The van der Waals surface area contributed by atoms with Gasteiger partial charge in [0.05, 0.1) is 5.69 Å². The van der Waals surface area contributed by atoms with E-state index in [1.807, 2.05) is 19.1 Å². The molecule has 0 aromatic heterocycles. The van der Waals surface area contributed by atoms with E-state index >= 15 is 0 Å². The Labute approximate surface area is 130 Å². The first-order valence-electron chi connectivity index (χ1n) is 6.34. The van der Waals surface area contributed by atoms with Gasteiger partial charge in [-0.15, -0.1) is 0 Å². The zero-order valence-corrected chi connectivity index (χ0v) is 12.9. The monoisotopic (exact) mass is 351 g/mol. The zero-order valence-electron chi connectivity index (χ0n) is 11.4. The van der Waals surface area contributed by atoms with Gasteiger partial charge in [0.1, 0.15) is 5.82 Å². The predicted molar refractivity (Wildman–Crippen MR) is 85.8 cm³/mol. The van der Waals surface area contributed by atoms with Crippen LogP contribution in [0.2, 0.25) is 0 Å². The van der Waals surface area contributed by atoms with Gasteiger partial charge in [0, 0.05) is 16.2 Å². The fourth-order valence-electron chi connectivity index (χ4n) is 1.75. The van der Waals surface area contributed by atoms with E-state index in [1.54, 1.807) is 12.1 Å². The highest BCUT2D eigenvalue weighted by molar-refractivity contribution is 9.10. The van der Waals surface area contributed by atoms with E-state index in [-0.39, 0.29) is 11.9 Å². The molecule has 0 bridgehead atoms. The van der Waals surface area contributed by atoms with Crippen LogP contribution in [0.25, 0.3) is 0 Å². The summed E-state index contributed by atoms with van der Waals surface area (Å²) in [6.07, 6.45) is 0. The summed E-state index contributed by atoms with van der Waals surface area (Å²) in [4.78, 5) is 11.9. The standard InChI is InChI=1S/C15H15BrFN3O/c1-9(18)10-2-5-12(6-3-10)19-15(21)20-14-7-4-11(17)8-13(14)16/h2-9H,18H2,1H3,(H2,19,20,21). The first kappa shape index (κ1) is 15.5. The van der Waals surface area contributed by atoms with Crippen LogP contribution in [0.1, 0.15) is 18.5 Å². The normalized spacial score (nSPS) is 11.8. The summed E-state index contributed by atoms with van der Waals surface area (Å²) >= 11 is 3.19. The quantitative estimate of drug-likeness (QED) is 0.773. The second-order valence-corrected chi connectivity index (χ2v) is 5.47. The molecule has 2 rings (SSSR count). The third-order valence-corrected chi connectivity index (χ3v) is 3.53. The lowest BCUT2D eigenvalue weighted by Crippen LogP contribution is -2.19. The third-order valence-electron chi connectivity index (χ3n) is 2.87. The molecule has 0 heterocycles. The van der Waals surface area contributed by atoms with Gasteiger partial charge in [0.15, 0.2) is 0 Å². The number of hydrogen-bond donors (Lipinski definition) is 3. The van der Waals surface area contributed by atoms with E-state index in [9.17, 15) is 9.18 Å². The van der Waals surface area contributed by atoms with Crippen LogP contribution >= 0.6 is 15.9 Å². The maximum atomic E-state index is 13.0. The van der Waals surface area contributed by atoms with Crippen LogP contribution in [0.15, 0.2) is 46.9 Å². The number of nitrogens with two attached hydrogens (primary N) is 1. The summed E-state index contributed by atoms with van der Waals surface area (Å²) in [6, 6.07) is 10.8. The Morgan fingerprint density at radius 2 is 1.86 bits per heavy atom. The molecule has 1 unspecified atom stereocenters. The number of rotatable bonds is 3. The Balaban J connectivity index is 2.01. The largest absolute Gasteiger partial charge is 0.324 e. The van der Waals surface area contributed by atoms with E-state index in [2.05, 4.69) is 26.6 Å². The molecule has 4 nitrogen and oxygen atoms in total. The van der Waals surface area contributed by atoms with Crippen LogP contribution in [0.5, 0.6) is 0 Å². The number of halogens is 2. The highest BCUT2D eigenvalue weighted by Crippen LogP contribution is 2.23. The molecule has 0 saturated carbocycles. The summed E-state index contributed by atoms with van der Waals surface area (Å²) in [5.74, 6) is -0.376. The molecule has 21 heavy (non-hydrogen) atoms. The minimum Gasteiger partial charge on any atom is -0.324 e. The van der Waals surface area contributed by atoms with E-state index in [0.29, 0.717) is 15.8 Å². The summed E-state index contributed by atoms with van der Waals surface area (Å²) in [6.45, 7) is 1.89. The number of carbonyl (C=O) groups excluding carboxylic acids is 1. The first-order chi connectivity index (χ1) is 9.95. The van der Waals surface area contributed by atoms with E-state index < -0.39 is 6.03 Å². The van der Waals surface area contributed by atoms with Crippen LogP contribution in [0.4, 0.5) is 20.6 Å². The van der Waals surface area contributed by atoms with Gasteiger partial charge in [-0.3, -0.25) is 0 Å². The molecule has 110 valence electrons. The van der Waals surface area contributed by atoms with Gasteiger partial charge in [-0.1, -0.05) is 12.1 Å². The minimum atomic E-state index is -0.407. The molecule has 2 aromatic carbocycles. The van der Waals surface area contributed by atoms with Crippen molar-refractivity contribution in [1.82, 2.24) is 0 Å². The molecule has 6 heteroatoms. The SMILES string of the molecule is CC(N)c1ccc(NC(=O)Nc2ccc(F)cc2Br)cc1. The average Bonchev–Trinajstić information content (AvgIpc) is 2.42. The molecule has 0 aliphatic rings. The molecular weight excluding hydrogens is 337 g/mol. The Bertz CT molecular complexity index is 644. The van der Waals surface area contributed by atoms with Crippen molar-refractivity contribution in [2.45, 2.75) is 13.0 Å². The average molecular weight is 352 g/mol. The maximum absolute atomic E-state index is 13.0. The second kappa shape index (κ2) is 6.69. The molecule has 0 aliphatic carbocycles. The molecule has 0 aliphatic heterocycles. The number of anilines is 2. The Hall–Kier alpha value is -1.92. The van der Waals surface area contributed by atoms with Crippen molar-refractivity contribution < 1.29 is 9.18 Å². The van der Waals surface area contributed by atoms with Crippen LogP contribution in [0.3, 0.4) is 0 Å². The molecule has 0 saturated heterocycles. The van der Waals surface area contributed by atoms with Crippen LogP contribution < -0.4 is 16.4 Å². The number of carbonyl (C=O) groups is 1. The lowest BCUT2D eigenvalue weighted by molar-refractivity contribution is 0.262. The number of nitrogens with one attached hydrogen (secondary N) is 2. The van der Waals surface area contributed by atoms with Gasteiger partial charge in [-0.05, 0) is 58.7 Å². The van der Waals surface area contributed by atoms with Gasteiger partial charge in [0.2, 0.25) is 0 Å². The van der Waals surface area contributed by atoms with Crippen molar-refractivity contribution in [3.63, 3.8) is 0 Å². The van der Waals surface area contributed by atoms with E-state index in [1.165, 1.54) is 18.2 Å². The highest BCUT2D eigenvalue weighted by Gasteiger charge is 2.07. The second-order valence-electron chi connectivity index (χ2n) is 4.61. The minimum absolute atomic E-state index is 0.0527. The fourth-order valence-corrected chi connectivity index (χ4v) is 2.20. The van der Waals surface area contributed by atoms with Crippen LogP contribution in [-0.4, -0.2) is 6.03 Å². The number of benzene rings is 2. The van der Waals surface area contributed by atoms with Crippen molar-refractivity contribution in [2.24, 2.45) is 5.73 Å². The molecule has 0 fully saturated rings. The van der Waals surface area contributed by atoms with Gasteiger partial charge in [-0.2, -0.15) is 0 Å². The number of hydrogen-bond acceptors (Lipinski definition) is 2. The molecule has 2 aromatic rings. The fraction of sp³-hybridized carbons (Fsp3) is 0.133. The topological polar surface area (TPSA) is 67.1 Å². The van der Waals surface area contributed by atoms with Crippen molar-refractivity contribution in [3.8, 4) is 0 Å². The van der Waals surface area contributed by atoms with Crippen LogP contribution in [-0.2, 0) is 0 Å². The van der Waals surface area contributed by atoms with Gasteiger partial charge >= 0.3 is 6.03 Å². The van der Waals surface area contributed by atoms with Crippen molar-refractivity contribution in [2.75, 3.05) is 10.6 Å². The summed E-state index contributed by atoms with van der Waals surface area (Å²) in [7, 11) is 0. The lowest BCUT2D eigenvalue weighted by Gasteiger charge is -2.10. The third kappa shape index (κ3) is 4.27. The molecule has 0 radical (unpaired) electrons. The van der Waals surface area contributed by atoms with Gasteiger partial charge in [-0.25, -0.2) is 9.18 Å². The number of amides is 2. The Kier molecular flexibility index (Phi) is 4.93. The zero-order chi connectivity index (χ0) is 15.4. The summed E-state index contributed by atoms with van der Waals surface area (Å²) in [5, 5.41) is 5.33. The first-order valence-corrected chi connectivity index (χ1v) is 7.13. The summed E-state index contributed by atoms with van der Waals surface area (Å²) in [5.41, 5.74) is 7.88. The Morgan fingerprint density at radius 3 is 2.43 bits per heavy atom. The van der Waals surface area contributed by atoms with Crippen molar-refractivity contribution >= 4 is 33.3 Å². The van der Waals surface area contributed by atoms with Crippen LogP contribution in [0, 0.1) is 5.82 Å². The Morgan fingerprint density at radius 1 is 1.19 bits per heavy atom. The predicted octanol–water partition coefficient (Wildman–Crippen LogP) is 4.25.